The standard InChI is InChI=1S/C25H23ClN2O2.C18H15ClN2O2.C12H14ClNO2.C12H15NO2.C7H7Br.C7H4ClNO/c1-18-7-5-8-19(17-18)25(30)24(15-6-16-24)27(21-9-3-2-4-10-21)23(29)28(25)22-13-11-20(26)12-14-22;19-13-7-9-14(10-8-13)20-16(22)18(11-4-12-18)21(17(20)23)15-5-2-1-3-6-15;1-16-11(15)12(7-2-8-12)14-10-5-3-9(13)4-6-10;1-15-11(14)12(8-5-9-12)13-10-6-3-2-4-7-10;1-6-3-2-4-7(8)5-6;8-6-1-3-7(4-2-6)9-5-10/h2-5,7-14,17,30H,6,15-16H2,1H3;1-3,5-10H,4,11-12H2;3-6,14H,2,7-8H2,1H3;2-4,6-7,13H,5,8-9H2,1H3;2-5H,1H3;1-4H. The van der Waals surface area contributed by atoms with Crippen molar-refractivity contribution in [3.63, 3.8) is 0 Å². The first kappa shape index (κ1) is 75.4. The molecule has 2 spiro atoms. The topological polar surface area (TPSA) is 190 Å². The van der Waals surface area contributed by atoms with E-state index in [2.05, 4.69) is 50.6 Å². The maximum Gasteiger partial charge on any atom is 0.336 e. The lowest BCUT2D eigenvalue weighted by Crippen LogP contribution is -2.63. The SMILES string of the molecule is COC(=O)C1(Nc2ccc(Cl)cc2)CCC1.COC(=O)C1(Nc2ccccc2)CCC1.Cc1cccc(Br)c1.Cc1cccc(C2(O)N(c3ccc(Cl)cc3)C(=O)N(c3ccccc3)C23CCC3)c1.O=C1N(c2ccc(Cl)cc2)C(=O)C2(CCC2)N1c1ccccc1.O=C=Nc1ccc(Cl)cc1. The molecule has 0 radical (unpaired) electrons. The molecule has 21 heteroatoms. The van der Waals surface area contributed by atoms with Crippen LogP contribution in [0.15, 0.2) is 246 Å². The fraction of sp³-hybridized carbons (Fsp3) is 0.259. The van der Waals surface area contributed by atoms with Crippen molar-refractivity contribution in [1.29, 1.82) is 0 Å². The molecule has 4 saturated carbocycles. The van der Waals surface area contributed by atoms with Crippen LogP contribution in [0, 0.1) is 13.8 Å². The average Bonchev–Trinajstić information content (AvgIpc) is 1.52. The zero-order valence-corrected chi connectivity index (χ0v) is 61.5. The third kappa shape index (κ3) is 16.4. The highest BCUT2D eigenvalue weighted by Gasteiger charge is 2.70. The summed E-state index contributed by atoms with van der Waals surface area (Å²) >= 11 is 26.8. The number of ether oxygens (including phenoxy) is 2. The molecule has 2 saturated heterocycles. The number of nitrogens with one attached hydrogen (secondary N) is 2. The van der Waals surface area contributed by atoms with Crippen LogP contribution in [0.3, 0.4) is 0 Å². The first-order chi connectivity index (χ1) is 49.1. The Balaban J connectivity index is 0.000000139. The Morgan fingerprint density at radius 1 is 0.471 bits per heavy atom. The highest BCUT2D eigenvalue weighted by Crippen LogP contribution is 2.59. The van der Waals surface area contributed by atoms with Crippen LogP contribution in [0.2, 0.25) is 20.1 Å². The number of carbonyl (C=O) groups excluding carboxylic acids is 6. The van der Waals surface area contributed by atoms with Crippen molar-refractivity contribution in [1.82, 2.24) is 0 Å². The lowest BCUT2D eigenvalue weighted by atomic mass is 9.66. The first-order valence-corrected chi connectivity index (χ1v) is 35.8. The van der Waals surface area contributed by atoms with E-state index >= 15 is 0 Å². The summed E-state index contributed by atoms with van der Waals surface area (Å²) in [7, 11) is 2.86. The number of aryl methyl sites for hydroxylation is 2. The second-order valence-corrected chi connectivity index (χ2v) is 28.3. The number of hydrogen-bond donors (Lipinski definition) is 3. The summed E-state index contributed by atoms with van der Waals surface area (Å²) in [5, 5.41) is 21.5. The first-order valence-electron chi connectivity index (χ1n) is 33.5. The number of amides is 5. The minimum atomic E-state index is -1.50. The molecule has 3 N–H and O–H groups in total. The Morgan fingerprint density at radius 2 is 0.882 bits per heavy atom. The predicted molar refractivity (Wildman–Crippen MR) is 410 cm³/mol. The molecule has 2 aliphatic heterocycles. The van der Waals surface area contributed by atoms with Crippen molar-refractivity contribution in [2.24, 2.45) is 4.99 Å². The van der Waals surface area contributed by atoms with Gasteiger partial charge in [-0.05, 0) is 236 Å². The number of halogens is 5. The molecule has 15 rings (SSSR count). The number of hydrogen-bond acceptors (Lipinski definition) is 12. The summed E-state index contributed by atoms with van der Waals surface area (Å²) in [4.78, 5) is 82.7. The van der Waals surface area contributed by atoms with Crippen molar-refractivity contribution in [3.05, 3.63) is 278 Å². The lowest BCUT2D eigenvalue weighted by Gasteiger charge is -2.52. The highest BCUT2D eigenvalue weighted by atomic mass is 79.9. The summed E-state index contributed by atoms with van der Waals surface area (Å²) < 4.78 is 10.8. The van der Waals surface area contributed by atoms with E-state index in [0.29, 0.717) is 50.0 Å². The molecule has 2 heterocycles. The Hall–Kier alpha value is -9.29. The highest BCUT2D eigenvalue weighted by molar-refractivity contribution is 9.10. The van der Waals surface area contributed by atoms with Gasteiger partial charge in [0.2, 0.25) is 6.08 Å². The van der Waals surface area contributed by atoms with Crippen molar-refractivity contribution in [2.45, 2.75) is 119 Å². The molecule has 6 aliphatic rings. The van der Waals surface area contributed by atoms with E-state index in [9.17, 15) is 33.9 Å². The van der Waals surface area contributed by atoms with Gasteiger partial charge in [0.1, 0.15) is 22.2 Å². The third-order valence-electron chi connectivity index (χ3n) is 19.1. The maximum absolute atomic E-state index is 13.9. The Labute approximate surface area is 623 Å². The zero-order chi connectivity index (χ0) is 72.7. The molecule has 0 aromatic heterocycles. The average molecular weight is 1520 g/mol. The number of esters is 2. The fourth-order valence-corrected chi connectivity index (χ4v) is 14.3. The van der Waals surface area contributed by atoms with Gasteiger partial charge in [-0.25, -0.2) is 28.9 Å². The van der Waals surface area contributed by atoms with E-state index < -0.39 is 27.9 Å². The normalized spacial score (nSPS) is 17.8. The van der Waals surface area contributed by atoms with Gasteiger partial charge in [-0.1, -0.05) is 164 Å². The van der Waals surface area contributed by atoms with Crippen molar-refractivity contribution in [3.8, 4) is 0 Å². The minimum absolute atomic E-state index is 0.139. The number of methoxy groups -OCH3 is 2. The van der Waals surface area contributed by atoms with Gasteiger partial charge in [-0.2, -0.15) is 4.99 Å². The molecular formula is C81H78BrCl4N7O9. The Bertz CT molecular complexity index is 4390. The number of anilines is 6. The fourth-order valence-electron chi connectivity index (χ4n) is 13.3. The molecular weight excluding hydrogens is 1440 g/mol. The van der Waals surface area contributed by atoms with Gasteiger partial charge in [-0.15, -0.1) is 0 Å². The second-order valence-electron chi connectivity index (χ2n) is 25.6. The summed E-state index contributed by atoms with van der Waals surface area (Å²) in [6.07, 6.45) is 11.7. The molecule has 0 bridgehead atoms. The van der Waals surface area contributed by atoms with Gasteiger partial charge in [0.05, 0.1) is 25.6 Å². The van der Waals surface area contributed by atoms with E-state index in [1.807, 2.05) is 146 Å². The number of aliphatic hydroxyl groups is 1. The molecule has 102 heavy (non-hydrogen) atoms. The van der Waals surface area contributed by atoms with Gasteiger partial charge < -0.3 is 25.2 Å². The van der Waals surface area contributed by atoms with Crippen LogP contribution in [0.25, 0.3) is 0 Å². The van der Waals surface area contributed by atoms with Crippen LogP contribution in [-0.4, -0.2) is 77.5 Å². The number of aliphatic imine (C=N–C) groups is 1. The van der Waals surface area contributed by atoms with Gasteiger partial charge in [-0.3, -0.25) is 19.5 Å². The van der Waals surface area contributed by atoms with Crippen LogP contribution in [0.5, 0.6) is 0 Å². The lowest BCUT2D eigenvalue weighted by molar-refractivity contribution is -0.149. The largest absolute Gasteiger partial charge is 0.467 e. The van der Waals surface area contributed by atoms with E-state index in [-0.39, 0.29) is 29.9 Å². The van der Waals surface area contributed by atoms with E-state index in [1.54, 1.807) is 99.6 Å². The summed E-state index contributed by atoms with van der Waals surface area (Å²) in [5.41, 5.74) is 4.28. The number of imide groups is 1. The predicted octanol–water partition coefficient (Wildman–Crippen LogP) is 20.2. The second kappa shape index (κ2) is 33.7. The van der Waals surface area contributed by atoms with Gasteiger partial charge in [0, 0.05) is 58.6 Å². The van der Waals surface area contributed by atoms with Crippen molar-refractivity contribution < 1.29 is 43.3 Å². The summed E-state index contributed by atoms with van der Waals surface area (Å²) in [6, 6.07) is 72.2. The van der Waals surface area contributed by atoms with Gasteiger partial charge >= 0.3 is 24.0 Å². The Kier molecular flexibility index (Phi) is 24.9. The third-order valence-corrected chi connectivity index (χ3v) is 20.6. The van der Waals surface area contributed by atoms with Crippen molar-refractivity contribution >= 4 is 138 Å². The van der Waals surface area contributed by atoms with Crippen LogP contribution >= 0.6 is 62.3 Å². The van der Waals surface area contributed by atoms with Crippen LogP contribution in [-0.2, 0) is 34.4 Å². The van der Waals surface area contributed by atoms with E-state index in [1.165, 1.54) is 30.8 Å². The monoisotopic (exact) mass is 1510 g/mol. The van der Waals surface area contributed by atoms with Gasteiger partial charge in [0.15, 0.2) is 5.72 Å². The molecule has 6 fully saturated rings. The molecule has 526 valence electrons. The summed E-state index contributed by atoms with van der Waals surface area (Å²) in [5.74, 6) is -0.480. The number of rotatable bonds is 12. The van der Waals surface area contributed by atoms with Crippen LogP contribution in [0.1, 0.15) is 93.7 Å². The number of isocyanates is 1. The van der Waals surface area contributed by atoms with Crippen LogP contribution in [0.4, 0.5) is 49.4 Å². The maximum atomic E-state index is 13.9. The number of benzene rings is 9. The smallest absolute Gasteiger partial charge is 0.336 e. The molecule has 4 aliphatic carbocycles. The number of carbonyl (C=O) groups is 5. The quantitative estimate of drug-likeness (QED) is 0.0457. The van der Waals surface area contributed by atoms with Crippen molar-refractivity contribution in [2.75, 3.05) is 44.5 Å². The minimum Gasteiger partial charge on any atom is -0.467 e. The number of para-hydroxylation sites is 3. The molecule has 9 aromatic carbocycles. The van der Waals surface area contributed by atoms with Crippen LogP contribution < -0.4 is 30.2 Å². The van der Waals surface area contributed by atoms with E-state index in [4.69, 9.17) is 55.9 Å². The van der Waals surface area contributed by atoms with E-state index in [0.717, 1.165) is 103 Å². The zero-order valence-electron chi connectivity index (χ0n) is 56.8. The molecule has 1 unspecified atom stereocenters. The Morgan fingerprint density at radius 3 is 1.28 bits per heavy atom. The molecule has 5 amide bonds. The molecule has 1 atom stereocenters. The summed E-state index contributed by atoms with van der Waals surface area (Å²) in [6.45, 7) is 4.07. The van der Waals surface area contributed by atoms with Gasteiger partial charge in [0.25, 0.3) is 5.91 Å². The number of urea groups is 2. The molecule has 16 nitrogen and oxygen atoms in total. The number of nitrogens with zero attached hydrogens (tertiary/aromatic N) is 5. The molecule has 9 aromatic rings.